The minimum atomic E-state index is -0.301. The topological polar surface area (TPSA) is 73.3 Å². The van der Waals surface area contributed by atoms with E-state index in [4.69, 9.17) is 10.5 Å². The van der Waals surface area contributed by atoms with Gasteiger partial charge in [-0.1, -0.05) is 6.07 Å². The average molecular weight is 369 g/mol. The average Bonchev–Trinajstić information content (AvgIpc) is 3.18. The first kappa shape index (κ1) is 19.1. The summed E-state index contributed by atoms with van der Waals surface area (Å²) in [5.74, 6) is 0.368. The maximum atomic E-state index is 14.3. The van der Waals surface area contributed by atoms with Crippen LogP contribution in [0.2, 0.25) is 0 Å². The minimum Gasteiger partial charge on any atom is -0.496 e. The second-order valence-electron chi connectivity index (χ2n) is 6.61. The summed E-state index contributed by atoms with van der Waals surface area (Å²) in [5, 5.41) is 9.41. The first-order chi connectivity index (χ1) is 13.1. The van der Waals surface area contributed by atoms with E-state index in [1.165, 1.54) is 12.1 Å². The predicted octanol–water partition coefficient (Wildman–Crippen LogP) is 2.86. The fourth-order valence-electron chi connectivity index (χ4n) is 3.15. The Hall–Kier alpha value is -2.70. The first-order valence-electron chi connectivity index (χ1n) is 8.86. The molecule has 0 spiro atoms. The van der Waals surface area contributed by atoms with Crippen LogP contribution in [0, 0.1) is 11.7 Å². The Balaban J connectivity index is 1.97. The summed E-state index contributed by atoms with van der Waals surface area (Å²) in [4.78, 5) is 4.02. The van der Waals surface area contributed by atoms with Gasteiger partial charge in [0.05, 0.1) is 13.4 Å². The fourth-order valence-corrected chi connectivity index (χ4v) is 3.15. The highest BCUT2D eigenvalue weighted by Gasteiger charge is 2.13. The van der Waals surface area contributed by atoms with E-state index in [-0.39, 0.29) is 18.3 Å². The van der Waals surface area contributed by atoms with Gasteiger partial charge >= 0.3 is 0 Å². The molecule has 1 aromatic heterocycles. The molecule has 3 rings (SSSR count). The quantitative estimate of drug-likeness (QED) is 0.640. The van der Waals surface area contributed by atoms with Crippen LogP contribution in [-0.2, 0) is 13.0 Å². The summed E-state index contributed by atoms with van der Waals surface area (Å²) >= 11 is 0. The van der Waals surface area contributed by atoms with E-state index in [1.807, 2.05) is 35.0 Å². The number of nitrogens with two attached hydrogens (primary N) is 1. The molecule has 0 fully saturated rings. The number of aliphatic hydroxyl groups is 1. The van der Waals surface area contributed by atoms with Gasteiger partial charge in [0.25, 0.3) is 0 Å². The van der Waals surface area contributed by atoms with Crippen LogP contribution in [0.1, 0.15) is 11.1 Å². The third-order valence-electron chi connectivity index (χ3n) is 4.57. The van der Waals surface area contributed by atoms with Gasteiger partial charge < -0.3 is 20.1 Å². The van der Waals surface area contributed by atoms with Crippen molar-refractivity contribution in [1.82, 2.24) is 9.55 Å². The zero-order valence-electron chi connectivity index (χ0n) is 15.3. The highest BCUT2D eigenvalue weighted by atomic mass is 19.1. The minimum absolute atomic E-state index is 0.00411. The van der Waals surface area contributed by atoms with Crippen molar-refractivity contribution >= 4 is 0 Å². The molecule has 0 bridgehead atoms. The molecule has 1 unspecified atom stereocenters. The lowest BCUT2D eigenvalue weighted by Gasteiger charge is -2.15. The van der Waals surface area contributed by atoms with Crippen molar-refractivity contribution in [2.24, 2.45) is 11.7 Å². The summed E-state index contributed by atoms with van der Waals surface area (Å²) < 4.78 is 21.7. The number of hydrogen-bond acceptors (Lipinski definition) is 4. The smallest absolute Gasteiger partial charge is 0.126 e. The van der Waals surface area contributed by atoms with Crippen molar-refractivity contribution in [3.8, 4) is 16.9 Å². The molecule has 2 aromatic carbocycles. The van der Waals surface area contributed by atoms with Crippen molar-refractivity contribution in [1.29, 1.82) is 0 Å². The number of methoxy groups -OCH3 is 1. The van der Waals surface area contributed by atoms with E-state index in [0.717, 1.165) is 22.3 Å². The number of halogens is 1. The highest BCUT2D eigenvalue weighted by Crippen LogP contribution is 2.33. The number of aromatic nitrogens is 2. The Morgan fingerprint density at radius 2 is 2.07 bits per heavy atom. The number of benzene rings is 2. The summed E-state index contributed by atoms with van der Waals surface area (Å²) in [6.07, 6.45) is 5.89. The molecule has 0 saturated heterocycles. The molecule has 1 atom stereocenters. The lowest BCUT2D eigenvalue weighted by molar-refractivity contribution is 0.230. The standard InChI is InChI=1S/C21H24FN3O2/c1-27-21-3-2-15(6-17(11-23)13-26)9-20(21)18-7-16(8-19(22)10-18)12-25-5-4-24-14-25/h2-5,7-10,14,17,26H,6,11-13,23H2,1H3. The second kappa shape index (κ2) is 8.79. The lowest BCUT2D eigenvalue weighted by Crippen LogP contribution is -2.20. The largest absolute Gasteiger partial charge is 0.496 e. The van der Waals surface area contributed by atoms with E-state index in [1.54, 1.807) is 19.6 Å². The summed E-state index contributed by atoms with van der Waals surface area (Å²) in [6.45, 7) is 0.978. The van der Waals surface area contributed by atoms with Gasteiger partial charge in [0.1, 0.15) is 11.6 Å². The fraction of sp³-hybridized carbons (Fsp3) is 0.286. The van der Waals surface area contributed by atoms with Crippen molar-refractivity contribution in [3.63, 3.8) is 0 Å². The van der Waals surface area contributed by atoms with E-state index in [9.17, 15) is 9.50 Å². The Kier molecular flexibility index (Phi) is 6.21. The zero-order valence-corrected chi connectivity index (χ0v) is 15.3. The lowest BCUT2D eigenvalue weighted by atomic mass is 9.95. The van der Waals surface area contributed by atoms with Gasteiger partial charge in [-0.25, -0.2) is 9.37 Å². The number of imidazole rings is 1. The van der Waals surface area contributed by atoms with Crippen molar-refractivity contribution in [2.75, 3.05) is 20.3 Å². The molecule has 27 heavy (non-hydrogen) atoms. The van der Waals surface area contributed by atoms with Gasteiger partial charge in [-0.2, -0.15) is 0 Å². The number of nitrogens with zero attached hydrogens (tertiary/aromatic N) is 2. The third-order valence-corrected chi connectivity index (χ3v) is 4.57. The molecule has 6 heteroatoms. The number of hydrogen-bond donors (Lipinski definition) is 2. The molecular weight excluding hydrogens is 345 g/mol. The monoisotopic (exact) mass is 369 g/mol. The van der Waals surface area contributed by atoms with Crippen LogP contribution < -0.4 is 10.5 Å². The van der Waals surface area contributed by atoms with Crippen LogP contribution >= 0.6 is 0 Å². The van der Waals surface area contributed by atoms with Crippen LogP contribution in [0.25, 0.3) is 11.1 Å². The Bertz CT molecular complexity index is 877. The van der Waals surface area contributed by atoms with Crippen molar-refractivity contribution < 1.29 is 14.2 Å². The molecular formula is C21H24FN3O2. The third kappa shape index (κ3) is 4.72. The van der Waals surface area contributed by atoms with E-state index >= 15 is 0 Å². The van der Waals surface area contributed by atoms with Crippen LogP contribution in [-0.4, -0.2) is 34.9 Å². The number of aliphatic hydroxyl groups excluding tert-OH is 1. The maximum absolute atomic E-state index is 14.3. The summed E-state index contributed by atoms with van der Waals surface area (Å²) in [5.41, 5.74) is 9.12. The second-order valence-corrected chi connectivity index (χ2v) is 6.61. The van der Waals surface area contributed by atoms with Gasteiger partial charge in [-0.3, -0.25) is 0 Å². The Morgan fingerprint density at radius 1 is 1.22 bits per heavy atom. The van der Waals surface area contributed by atoms with Gasteiger partial charge in [0.2, 0.25) is 0 Å². The molecule has 0 saturated carbocycles. The highest BCUT2D eigenvalue weighted by molar-refractivity contribution is 5.72. The summed E-state index contributed by atoms with van der Waals surface area (Å²) in [6, 6.07) is 10.8. The first-order valence-corrected chi connectivity index (χ1v) is 8.86. The van der Waals surface area contributed by atoms with E-state index < -0.39 is 0 Å². The predicted molar refractivity (Wildman–Crippen MR) is 103 cm³/mol. The van der Waals surface area contributed by atoms with Gasteiger partial charge in [-0.15, -0.1) is 0 Å². The van der Waals surface area contributed by atoms with Crippen LogP contribution in [0.5, 0.6) is 5.75 Å². The Labute approximate surface area is 158 Å². The van der Waals surface area contributed by atoms with Gasteiger partial charge in [0.15, 0.2) is 0 Å². The molecule has 0 aliphatic carbocycles. The SMILES string of the molecule is COc1ccc(CC(CN)CO)cc1-c1cc(F)cc(Cn2ccnc2)c1. The normalized spacial score (nSPS) is 12.1. The number of ether oxygens (including phenoxy) is 1. The maximum Gasteiger partial charge on any atom is 0.126 e. The molecule has 3 N–H and O–H groups in total. The number of rotatable bonds is 8. The zero-order chi connectivity index (χ0) is 19.2. The van der Waals surface area contributed by atoms with Gasteiger partial charge in [0, 0.05) is 31.1 Å². The Morgan fingerprint density at radius 3 is 2.74 bits per heavy atom. The molecule has 5 nitrogen and oxygen atoms in total. The van der Waals surface area contributed by atoms with E-state index in [0.29, 0.717) is 25.3 Å². The van der Waals surface area contributed by atoms with Gasteiger partial charge in [-0.05, 0) is 65.9 Å². The molecule has 3 aromatic rings. The van der Waals surface area contributed by atoms with E-state index in [2.05, 4.69) is 4.98 Å². The molecule has 0 aliphatic heterocycles. The van der Waals surface area contributed by atoms with Crippen molar-refractivity contribution in [3.05, 3.63) is 72.1 Å². The molecule has 0 aliphatic rings. The molecule has 0 amide bonds. The molecule has 0 radical (unpaired) electrons. The summed E-state index contributed by atoms with van der Waals surface area (Å²) in [7, 11) is 1.60. The van der Waals surface area contributed by atoms with Crippen molar-refractivity contribution in [2.45, 2.75) is 13.0 Å². The van der Waals surface area contributed by atoms with Crippen LogP contribution in [0.15, 0.2) is 55.1 Å². The van der Waals surface area contributed by atoms with Crippen LogP contribution in [0.3, 0.4) is 0 Å². The van der Waals surface area contributed by atoms with Crippen LogP contribution in [0.4, 0.5) is 4.39 Å². The molecule has 142 valence electrons. The molecule has 1 heterocycles.